The Labute approximate surface area is 109 Å². The van der Waals surface area contributed by atoms with Gasteiger partial charge in [0.15, 0.2) is 0 Å². The Kier molecular flexibility index (Phi) is 4.24. The fraction of sp³-hybridized carbons (Fsp3) is 0.533. The molecule has 1 aliphatic heterocycles. The van der Waals surface area contributed by atoms with Crippen LogP contribution in [0.5, 0.6) is 0 Å². The van der Waals surface area contributed by atoms with Crippen LogP contribution in [-0.4, -0.2) is 29.9 Å². The lowest BCUT2D eigenvalue weighted by molar-refractivity contribution is -0.130. The fourth-order valence-electron chi connectivity index (χ4n) is 2.48. The fourth-order valence-corrected chi connectivity index (χ4v) is 2.48. The molecule has 0 saturated carbocycles. The molecule has 0 spiro atoms. The van der Waals surface area contributed by atoms with E-state index in [-0.39, 0.29) is 11.9 Å². The van der Waals surface area contributed by atoms with E-state index >= 15 is 0 Å². The molecular weight excluding hydrogens is 224 g/mol. The maximum absolute atomic E-state index is 12.2. The van der Waals surface area contributed by atoms with Crippen LogP contribution >= 0.6 is 0 Å². The molecule has 98 valence electrons. The first-order valence-corrected chi connectivity index (χ1v) is 6.85. The van der Waals surface area contributed by atoms with Gasteiger partial charge in [0.25, 0.3) is 0 Å². The average Bonchev–Trinajstić information content (AvgIpc) is 2.92. The van der Waals surface area contributed by atoms with Crippen molar-refractivity contribution in [3.63, 3.8) is 0 Å². The molecule has 1 fully saturated rings. The summed E-state index contributed by atoms with van der Waals surface area (Å²) in [5.74, 6) is 0.221. The number of para-hydroxylation sites is 1. The Hall–Kier alpha value is -1.51. The molecule has 1 atom stereocenters. The van der Waals surface area contributed by atoms with Gasteiger partial charge in [-0.05, 0) is 37.8 Å². The van der Waals surface area contributed by atoms with E-state index in [4.69, 9.17) is 0 Å². The van der Waals surface area contributed by atoms with E-state index in [0.29, 0.717) is 0 Å². The molecule has 1 amide bonds. The van der Waals surface area contributed by atoms with Crippen LogP contribution in [0.4, 0.5) is 5.69 Å². The highest BCUT2D eigenvalue weighted by molar-refractivity contribution is 5.84. The number of aryl methyl sites for hydroxylation is 1. The molecule has 0 bridgehead atoms. The standard InChI is InChI=1S/C15H22N2O/c1-3-13-8-4-5-9-14(13)16-12(2)15(18)17-10-6-7-11-17/h4-5,8-9,12,16H,3,6-7,10-11H2,1-2H3. The molecule has 18 heavy (non-hydrogen) atoms. The van der Waals surface area contributed by atoms with Gasteiger partial charge in [-0.15, -0.1) is 0 Å². The summed E-state index contributed by atoms with van der Waals surface area (Å²) in [6.07, 6.45) is 3.27. The number of hydrogen-bond acceptors (Lipinski definition) is 2. The second-order valence-corrected chi connectivity index (χ2v) is 4.91. The Bertz CT molecular complexity index is 411. The molecule has 1 N–H and O–H groups in total. The van der Waals surface area contributed by atoms with Gasteiger partial charge in [-0.3, -0.25) is 4.79 Å². The molecule has 0 radical (unpaired) electrons. The van der Waals surface area contributed by atoms with E-state index < -0.39 is 0 Å². The van der Waals surface area contributed by atoms with Gasteiger partial charge in [-0.25, -0.2) is 0 Å². The molecule has 2 rings (SSSR count). The van der Waals surface area contributed by atoms with Crippen molar-refractivity contribution in [3.8, 4) is 0 Å². The minimum atomic E-state index is -0.143. The number of carbonyl (C=O) groups is 1. The van der Waals surface area contributed by atoms with E-state index in [0.717, 1.165) is 38.0 Å². The zero-order valence-corrected chi connectivity index (χ0v) is 11.3. The van der Waals surface area contributed by atoms with Crippen LogP contribution in [0.3, 0.4) is 0 Å². The van der Waals surface area contributed by atoms with Crippen LogP contribution < -0.4 is 5.32 Å². The predicted octanol–water partition coefficient (Wildman–Crippen LogP) is 2.67. The number of benzene rings is 1. The summed E-state index contributed by atoms with van der Waals surface area (Å²) in [5, 5.41) is 3.35. The highest BCUT2D eigenvalue weighted by atomic mass is 16.2. The minimum absolute atomic E-state index is 0.143. The second kappa shape index (κ2) is 5.89. The van der Waals surface area contributed by atoms with Crippen LogP contribution in [-0.2, 0) is 11.2 Å². The molecule has 1 aromatic carbocycles. The van der Waals surface area contributed by atoms with E-state index in [1.807, 2.05) is 30.0 Å². The largest absolute Gasteiger partial charge is 0.374 e. The monoisotopic (exact) mass is 246 g/mol. The number of nitrogens with zero attached hydrogens (tertiary/aromatic N) is 1. The van der Waals surface area contributed by atoms with Crippen molar-refractivity contribution < 1.29 is 4.79 Å². The first-order chi connectivity index (χ1) is 8.72. The summed E-state index contributed by atoms with van der Waals surface area (Å²) >= 11 is 0. The SMILES string of the molecule is CCc1ccccc1NC(C)C(=O)N1CCCC1. The summed E-state index contributed by atoms with van der Waals surface area (Å²) in [6, 6.07) is 8.06. The summed E-state index contributed by atoms with van der Waals surface area (Å²) in [6.45, 7) is 5.92. The van der Waals surface area contributed by atoms with Gasteiger partial charge in [0.2, 0.25) is 5.91 Å². The zero-order chi connectivity index (χ0) is 13.0. The van der Waals surface area contributed by atoms with Crippen LogP contribution in [0.1, 0.15) is 32.3 Å². The molecule has 1 saturated heterocycles. The lowest BCUT2D eigenvalue weighted by atomic mass is 10.1. The van der Waals surface area contributed by atoms with Crippen molar-refractivity contribution in [2.75, 3.05) is 18.4 Å². The molecule has 1 aliphatic rings. The highest BCUT2D eigenvalue weighted by Crippen LogP contribution is 2.18. The minimum Gasteiger partial charge on any atom is -0.374 e. The van der Waals surface area contributed by atoms with Crippen LogP contribution in [0.15, 0.2) is 24.3 Å². The van der Waals surface area contributed by atoms with Gasteiger partial charge in [-0.1, -0.05) is 25.1 Å². The lowest BCUT2D eigenvalue weighted by Crippen LogP contribution is -2.39. The van der Waals surface area contributed by atoms with Crippen molar-refractivity contribution in [3.05, 3.63) is 29.8 Å². The quantitative estimate of drug-likeness (QED) is 0.886. The van der Waals surface area contributed by atoms with E-state index in [1.165, 1.54) is 5.56 Å². The van der Waals surface area contributed by atoms with Crippen molar-refractivity contribution in [1.82, 2.24) is 4.90 Å². The summed E-state index contributed by atoms with van der Waals surface area (Å²) in [4.78, 5) is 14.2. The van der Waals surface area contributed by atoms with Crippen molar-refractivity contribution in [1.29, 1.82) is 0 Å². The molecule has 1 unspecified atom stereocenters. The summed E-state index contributed by atoms with van der Waals surface area (Å²) in [5.41, 5.74) is 2.35. The van der Waals surface area contributed by atoms with Crippen LogP contribution in [0.2, 0.25) is 0 Å². The van der Waals surface area contributed by atoms with Gasteiger partial charge in [0.1, 0.15) is 6.04 Å². The average molecular weight is 246 g/mol. The van der Waals surface area contributed by atoms with Gasteiger partial charge in [-0.2, -0.15) is 0 Å². The van der Waals surface area contributed by atoms with Gasteiger partial charge < -0.3 is 10.2 Å². The zero-order valence-electron chi connectivity index (χ0n) is 11.3. The number of rotatable bonds is 4. The smallest absolute Gasteiger partial charge is 0.244 e. The Balaban J connectivity index is 2.01. The number of amides is 1. The molecule has 0 aliphatic carbocycles. The van der Waals surface area contributed by atoms with Crippen molar-refractivity contribution in [2.45, 2.75) is 39.2 Å². The van der Waals surface area contributed by atoms with Crippen LogP contribution in [0, 0.1) is 0 Å². The Morgan fingerprint density at radius 1 is 1.33 bits per heavy atom. The number of likely N-dealkylation sites (tertiary alicyclic amines) is 1. The molecule has 3 heteroatoms. The second-order valence-electron chi connectivity index (χ2n) is 4.91. The van der Waals surface area contributed by atoms with E-state index in [2.05, 4.69) is 18.3 Å². The normalized spacial score (nSPS) is 16.7. The van der Waals surface area contributed by atoms with Crippen molar-refractivity contribution in [2.24, 2.45) is 0 Å². The number of hydrogen-bond donors (Lipinski definition) is 1. The third-order valence-electron chi connectivity index (χ3n) is 3.56. The maximum Gasteiger partial charge on any atom is 0.244 e. The number of anilines is 1. The van der Waals surface area contributed by atoms with E-state index in [9.17, 15) is 4.79 Å². The molecule has 1 aromatic rings. The van der Waals surface area contributed by atoms with Gasteiger partial charge >= 0.3 is 0 Å². The first-order valence-electron chi connectivity index (χ1n) is 6.85. The Morgan fingerprint density at radius 3 is 2.67 bits per heavy atom. The predicted molar refractivity (Wildman–Crippen MR) is 74.7 cm³/mol. The third-order valence-corrected chi connectivity index (χ3v) is 3.56. The lowest BCUT2D eigenvalue weighted by Gasteiger charge is -2.22. The van der Waals surface area contributed by atoms with Crippen molar-refractivity contribution >= 4 is 11.6 Å². The van der Waals surface area contributed by atoms with Gasteiger partial charge in [0.05, 0.1) is 0 Å². The molecular formula is C15H22N2O. The summed E-state index contributed by atoms with van der Waals surface area (Å²) in [7, 11) is 0. The molecule has 1 heterocycles. The topological polar surface area (TPSA) is 32.3 Å². The highest BCUT2D eigenvalue weighted by Gasteiger charge is 2.23. The number of nitrogens with one attached hydrogen (secondary N) is 1. The summed E-state index contributed by atoms with van der Waals surface area (Å²) < 4.78 is 0. The maximum atomic E-state index is 12.2. The number of carbonyl (C=O) groups excluding carboxylic acids is 1. The van der Waals surface area contributed by atoms with Crippen LogP contribution in [0.25, 0.3) is 0 Å². The molecule has 0 aromatic heterocycles. The first kappa shape index (κ1) is 12.9. The van der Waals surface area contributed by atoms with Gasteiger partial charge in [0, 0.05) is 18.8 Å². The van der Waals surface area contributed by atoms with E-state index in [1.54, 1.807) is 0 Å². The molecule has 3 nitrogen and oxygen atoms in total. The Morgan fingerprint density at radius 2 is 2.00 bits per heavy atom. The third kappa shape index (κ3) is 2.84.